The third kappa shape index (κ3) is 5.35. The van der Waals surface area contributed by atoms with Gasteiger partial charge in [-0.2, -0.15) is 13.7 Å². The lowest BCUT2D eigenvalue weighted by Gasteiger charge is -2.66. The largest absolute Gasteiger partial charge is 0.496 e. The van der Waals surface area contributed by atoms with Gasteiger partial charge in [0.05, 0.1) is 58.4 Å². The predicted molar refractivity (Wildman–Crippen MR) is 186 cm³/mol. The number of amides is 1. The molecule has 13 nitrogen and oxygen atoms in total. The highest BCUT2D eigenvalue weighted by molar-refractivity contribution is 7.89. The second-order valence-corrected chi connectivity index (χ2v) is 16.3. The van der Waals surface area contributed by atoms with Gasteiger partial charge in [-0.1, -0.05) is 12.2 Å². The highest BCUT2D eigenvalue weighted by atomic mass is 32.2. The number of hydrogen-bond acceptors (Lipinski definition) is 12. The van der Waals surface area contributed by atoms with E-state index in [-0.39, 0.29) is 10.4 Å². The molecule has 6 heterocycles. The average molecular weight is 717 g/mol. The van der Waals surface area contributed by atoms with Crippen LogP contribution in [0.25, 0.3) is 0 Å². The smallest absolute Gasteiger partial charge is 0.284 e. The van der Waals surface area contributed by atoms with Gasteiger partial charge in [0, 0.05) is 67.8 Å². The van der Waals surface area contributed by atoms with Crippen molar-refractivity contribution in [2.45, 2.75) is 48.5 Å². The maximum Gasteiger partial charge on any atom is 0.284 e. The van der Waals surface area contributed by atoms with Crippen LogP contribution in [0.15, 0.2) is 65.4 Å². The number of benzene rings is 1. The third-order valence-electron chi connectivity index (χ3n) is 11.7. The van der Waals surface area contributed by atoms with Crippen LogP contribution in [0.5, 0.6) is 17.2 Å². The van der Waals surface area contributed by atoms with Gasteiger partial charge in [0.25, 0.3) is 15.9 Å². The molecular weight excluding hydrogens is 673 g/mol. The van der Waals surface area contributed by atoms with E-state index in [2.05, 4.69) is 25.8 Å². The van der Waals surface area contributed by atoms with Gasteiger partial charge in [0.1, 0.15) is 22.8 Å². The number of nitriles is 1. The Hall–Kier alpha value is -4.00. The van der Waals surface area contributed by atoms with Crippen LogP contribution in [0.4, 0.5) is 0 Å². The zero-order valence-electron chi connectivity index (χ0n) is 29.2. The number of hydrogen-bond donors (Lipinski definition) is 0. The molecule has 2 aromatic rings. The zero-order valence-corrected chi connectivity index (χ0v) is 30.0. The molecule has 1 aromatic heterocycles. The number of sulfonamides is 1. The van der Waals surface area contributed by atoms with Gasteiger partial charge in [-0.15, -0.1) is 0 Å². The van der Waals surface area contributed by atoms with Crippen LogP contribution < -0.4 is 14.2 Å². The summed E-state index contributed by atoms with van der Waals surface area (Å²) in [5.41, 5.74) is -0.668. The second-order valence-electron chi connectivity index (χ2n) is 14.5. The lowest BCUT2D eigenvalue weighted by atomic mass is 9.65. The van der Waals surface area contributed by atoms with E-state index in [1.807, 2.05) is 6.92 Å². The van der Waals surface area contributed by atoms with Crippen molar-refractivity contribution < 1.29 is 32.2 Å². The number of fused-ring (bicyclic) bond motifs is 1. The van der Waals surface area contributed by atoms with Gasteiger partial charge >= 0.3 is 0 Å². The number of rotatable bonds is 10. The molecule has 1 aromatic carbocycles. The molecule has 0 bridgehead atoms. The summed E-state index contributed by atoms with van der Waals surface area (Å²) in [5.74, 6) is 0.0197. The number of allylic oxidation sites excluding steroid dienone is 2. The SMILES string of the molecule is CCOc1ccc(OC)c(C2(N3CC4(CN(C5CCN(C6COC6)CC5)C4)C3)C(=O)N(S(=O)(=O)c3ccc(OC)cn3)C3C=CC(C#N)=CC32)c1. The number of ether oxygens (including phenoxy) is 4. The number of carbonyl (C=O) groups is 1. The topological polar surface area (TPSA) is 138 Å². The van der Waals surface area contributed by atoms with Crippen molar-refractivity contribution in [1.29, 1.82) is 5.26 Å². The summed E-state index contributed by atoms with van der Waals surface area (Å²) in [5, 5.41) is 9.79. The van der Waals surface area contributed by atoms with E-state index < -0.39 is 33.4 Å². The summed E-state index contributed by atoms with van der Waals surface area (Å²) in [6.45, 7) is 9.15. The highest BCUT2D eigenvalue weighted by Gasteiger charge is 2.70. The van der Waals surface area contributed by atoms with E-state index in [0.717, 1.165) is 56.5 Å². The van der Waals surface area contributed by atoms with E-state index in [4.69, 9.17) is 18.9 Å². The van der Waals surface area contributed by atoms with E-state index in [9.17, 15) is 13.7 Å². The van der Waals surface area contributed by atoms with Crippen LogP contribution in [0, 0.1) is 22.7 Å². The lowest BCUT2D eigenvalue weighted by molar-refractivity contribution is -0.183. The molecule has 51 heavy (non-hydrogen) atoms. The molecule has 0 N–H and O–H groups in total. The summed E-state index contributed by atoms with van der Waals surface area (Å²) in [6, 6.07) is 10.6. The second kappa shape index (κ2) is 12.9. The summed E-state index contributed by atoms with van der Waals surface area (Å²) >= 11 is 0. The number of nitrogens with zero attached hydrogens (tertiary/aromatic N) is 6. The van der Waals surface area contributed by atoms with E-state index in [1.165, 1.54) is 25.4 Å². The Balaban J connectivity index is 1.16. The molecule has 0 radical (unpaired) electrons. The molecule has 8 rings (SSSR count). The summed E-state index contributed by atoms with van der Waals surface area (Å²) in [4.78, 5) is 26.9. The third-order valence-corrected chi connectivity index (χ3v) is 13.4. The number of carbonyl (C=O) groups excluding carboxylic acids is 1. The first-order valence-electron chi connectivity index (χ1n) is 17.7. The Bertz CT molecular complexity index is 1890. The minimum Gasteiger partial charge on any atom is -0.496 e. The van der Waals surface area contributed by atoms with Crippen molar-refractivity contribution in [3.05, 3.63) is 65.9 Å². The molecule has 1 aliphatic carbocycles. The maximum absolute atomic E-state index is 15.4. The van der Waals surface area contributed by atoms with Crippen molar-refractivity contribution in [1.82, 2.24) is 24.0 Å². The maximum atomic E-state index is 15.4. The Morgan fingerprint density at radius 3 is 2.35 bits per heavy atom. The van der Waals surface area contributed by atoms with Crippen LogP contribution in [0.1, 0.15) is 25.3 Å². The standard InChI is InChI=1S/C37H44N6O7S/c1-4-50-28-6-9-33(48-3)31(16-28)37(42-23-36(24-42)21-41(22-36)26-11-13-40(14-12-26)27-19-49-20-27)30-15-25(17-38)5-8-32(30)43(35(37)44)51(45,46)34-10-7-29(47-2)18-39-34/h5-10,15-16,18,26-27,30,32H,4,11-14,19-24H2,1-3H3. The molecule has 0 saturated carbocycles. The lowest BCUT2D eigenvalue weighted by Crippen LogP contribution is -2.78. The number of likely N-dealkylation sites (tertiary alicyclic amines) is 3. The van der Waals surface area contributed by atoms with Crippen LogP contribution >= 0.6 is 0 Å². The molecule has 5 saturated heterocycles. The van der Waals surface area contributed by atoms with Gasteiger partial charge in [0.15, 0.2) is 5.03 Å². The summed E-state index contributed by atoms with van der Waals surface area (Å²) in [7, 11) is -1.45. The van der Waals surface area contributed by atoms with Gasteiger partial charge in [-0.05, 0) is 56.2 Å². The molecule has 5 fully saturated rings. The Kier molecular flexibility index (Phi) is 8.62. The first-order valence-corrected chi connectivity index (χ1v) is 19.1. The Morgan fingerprint density at radius 2 is 1.75 bits per heavy atom. The fourth-order valence-electron chi connectivity index (χ4n) is 9.18. The first-order chi connectivity index (χ1) is 24.7. The van der Waals surface area contributed by atoms with Crippen LogP contribution in [-0.2, 0) is 25.1 Å². The molecule has 3 unspecified atom stereocenters. The van der Waals surface area contributed by atoms with Crippen molar-refractivity contribution >= 4 is 15.9 Å². The van der Waals surface area contributed by atoms with Gasteiger partial charge in [-0.3, -0.25) is 19.5 Å². The Labute approximate surface area is 299 Å². The molecule has 14 heteroatoms. The Morgan fingerprint density at radius 1 is 1.00 bits per heavy atom. The number of methoxy groups -OCH3 is 2. The fraction of sp³-hybridized carbons (Fsp3) is 0.541. The van der Waals surface area contributed by atoms with E-state index >= 15 is 4.79 Å². The number of pyridine rings is 1. The minimum absolute atomic E-state index is 0.0252. The molecule has 1 spiro atoms. The minimum atomic E-state index is -4.46. The predicted octanol–water partition coefficient (Wildman–Crippen LogP) is 2.41. The van der Waals surface area contributed by atoms with Crippen LogP contribution in [0.2, 0.25) is 0 Å². The summed E-state index contributed by atoms with van der Waals surface area (Å²) < 4.78 is 52.5. The number of piperidine rings is 1. The van der Waals surface area contributed by atoms with Crippen molar-refractivity contribution in [2.75, 3.05) is 73.3 Å². The van der Waals surface area contributed by atoms with Gasteiger partial charge in [0.2, 0.25) is 0 Å². The number of aromatic nitrogens is 1. The molecular formula is C37H44N6O7S. The molecule has 270 valence electrons. The van der Waals surface area contributed by atoms with E-state index in [0.29, 0.717) is 60.2 Å². The molecule has 1 amide bonds. The molecule has 3 atom stereocenters. The highest BCUT2D eigenvalue weighted by Crippen LogP contribution is 2.58. The quantitative estimate of drug-likeness (QED) is 0.357. The molecule has 5 aliphatic heterocycles. The normalized spacial score (nSPS) is 28.3. The monoisotopic (exact) mass is 716 g/mol. The van der Waals surface area contributed by atoms with Crippen molar-refractivity contribution in [3.8, 4) is 23.3 Å². The first kappa shape index (κ1) is 34.1. The van der Waals surface area contributed by atoms with Gasteiger partial charge < -0.3 is 18.9 Å². The zero-order chi connectivity index (χ0) is 35.5. The summed E-state index contributed by atoms with van der Waals surface area (Å²) in [6.07, 6.45) is 8.59. The van der Waals surface area contributed by atoms with Crippen LogP contribution in [-0.4, -0.2) is 130 Å². The van der Waals surface area contributed by atoms with Crippen LogP contribution in [0.3, 0.4) is 0 Å². The molecule has 6 aliphatic rings. The fourth-order valence-corrected chi connectivity index (χ4v) is 10.7. The van der Waals surface area contributed by atoms with Crippen molar-refractivity contribution in [3.63, 3.8) is 0 Å². The average Bonchev–Trinajstić information content (AvgIpc) is 3.35. The van der Waals surface area contributed by atoms with Gasteiger partial charge in [-0.25, -0.2) is 9.29 Å². The van der Waals surface area contributed by atoms with E-state index in [1.54, 1.807) is 43.5 Å². The van der Waals surface area contributed by atoms with Crippen molar-refractivity contribution in [2.24, 2.45) is 11.3 Å².